The number of H-pyrrole nitrogens is 1. The molecule has 4 nitrogen and oxygen atoms in total. The minimum atomic E-state index is 0.579. The van der Waals surface area contributed by atoms with Gasteiger partial charge in [-0.2, -0.15) is 5.10 Å². The summed E-state index contributed by atoms with van der Waals surface area (Å²) in [5, 5.41) is 8.06. The molecule has 0 aliphatic carbocycles. The third-order valence-electron chi connectivity index (χ3n) is 3.17. The molecule has 0 bridgehead atoms. The predicted octanol–water partition coefficient (Wildman–Crippen LogP) is 2.86. The van der Waals surface area contributed by atoms with Gasteiger partial charge in [-0.1, -0.05) is 11.6 Å². The summed E-state index contributed by atoms with van der Waals surface area (Å²) in [7, 11) is 1.65. The number of nitrogens with one attached hydrogen (secondary N) is 1. The molecule has 0 unspecified atom stereocenters. The van der Waals surface area contributed by atoms with Crippen LogP contribution in [-0.4, -0.2) is 23.9 Å². The van der Waals surface area contributed by atoms with Crippen LogP contribution in [-0.2, 0) is 6.42 Å². The normalized spacial score (nSPS) is 10.8. The molecule has 0 saturated heterocycles. The van der Waals surface area contributed by atoms with Crippen molar-refractivity contribution >= 4 is 11.6 Å². The number of halogens is 1. The molecule has 2 aromatic rings. The van der Waals surface area contributed by atoms with E-state index in [9.17, 15) is 0 Å². The summed E-state index contributed by atoms with van der Waals surface area (Å²) in [5.41, 5.74) is 10.6. The van der Waals surface area contributed by atoms with E-state index in [1.165, 1.54) is 0 Å². The van der Waals surface area contributed by atoms with Crippen LogP contribution < -0.4 is 10.5 Å². The molecule has 1 aromatic heterocycles. The summed E-state index contributed by atoms with van der Waals surface area (Å²) in [6, 6.07) is 3.76. The van der Waals surface area contributed by atoms with Gasteiger partial charge in [0.2, 0.25) is 0 Å². The summed E-state index contributed by atoms with van der Waals surface area (Å²) in [4.78, 5) is 0. The number of hydrogen-bond donors (Lipinski definition) is 2. The zero-order chi connectivity index (χ0) is 14.0. The third-order valence-corrected chi connectivity index (χ3v) is 3.39. The monoisotopic (exact) mass is 279 g/mol. The van der Waals surface area contributed by atoms with E-state index >= 15 is 0 Å². The first kappa shape index (κ1) is 13.9. The van der Waals surface area contributed by atoms with Gasteiger partial charge >= 0.3 is 0 Å². The topological polar surface area (TPSA) is 63.9 Å². The highest BCUT2D eigenvalue weighted by Crippen LogP contribution is 2.37. The Bertz CT molecular complexity index is 593. The van der Waals surface area contributed by atoms with Crippen LogP contribution in [0.25, 0.3) is 11.3 Å². The van der Waals surface area contributed by atoms with E-state index in [0.29, 0.717) is 11.6 Å². The van der Waals surface area contributed by atoms with Crippen molar-refractivity contribution in [3.05, 3.63) is 34.0 Å². The summed E-state index contributed by atoms with van der Waals surface area (Å²) in [6.45, 7) is 4.54. The first-order valence-corrected chi connectivity index (χ1v) is 6.54. The second-order valence-corrected chi connectivity index (χ2v) is 4.95. The van der Waals surface area contributed by atoms with Crippen LogP contribution in [0.2, 0.25) is 5.02 Å². The lowest BCUT2D eigenvalue weighted by molar-refractivity contribution is 0.413. The maximum absolute atomic E-state index is 6.15. The second kappa shape index (κ2) is 5.63. The van der Waals surface area contributed by atoms with Crippen molar-refractivity contribution < 1.29 is 4.74 Å². The predicted molar refractivity (Wildman–Crippen MR) is 77.8 cm³/mol. The van der Waals surface area contributed by atoms with Gasteiger partial charge in [-0.3, -0.25) is 5.10 Å². The van der Waals surface area contributed by atoms with Crippen molar-refractivity contribution in [1.29, 1.82) is 0 Å². The lowest BCUT2D eigenvalue weighted by Crippen LogP contribution is -2.04. The van der Waals surface area contributed by atoms with E-state index < -0.39 is 0 Å². The van der Waals surface area contributed by atoms with Crippen LogP contribution in [0.5, 0.6) is 5.75 Å². The van der Waals surface area contributed by atoms with Gasteiger partial charge in [0.15, 0.2) is 0 Å². The number of aromatic nitrogens is 2. The molecule has 0 radical (unpaired) electrons. The van der Waals surface area contributed by atoms with Crippen molar-refractivity contribution in [3.8, 4) is 17.0 Å². The van der Waals surface area contributed by atoms with Crippen LogP contribution in [0.4, 0.5) is 0 Å². The highest BCUT2D eigenvalue weighted by atomic mass is 35.5. The van der Waals surface area contributed by atoms with Crippen LogP contribution in [0, 0.1) is 13.8 Å². The lowest BCUT2D eigenvalue weighted by atomic mass is 10.0. The highest BCUT2D eigenvalue weighted by Gasteiger charge is 2.17. The molecule has 1 aromatic carbocycles. The van der Waals surface area contributed by atoms with Crippen molar-refractivity contribution in [2.75, 3.05) is 13.7 Å². The van der Waals surface area contributed by atoms with Gasteiger partial charge in [0.1, 0.15) is 5.75 Å². The molecule has 102 valence electrons. The molecule has 1 heterocycles. The minimum absolute atomic E-state index is 0.579. The van der Waals surface area contributed by atoms with E-state index in [1.54, 1.807) is 7.11 Å². The quantitative estimate of drug-likeness (QED) is 0.904. The number of methoxy groups -OCH3 is 1. The minimum Gasteiger partial charge on any atom is -0.496 e. The van der Waals surface area contributed by atoms with Crippen LogP contribution in [0.15, 0.2) is 12.1 Å². The first-order chi connectivity index (χ1) is 9.08. The molecule has 19 heavy (non-hydrogen) atoms. The van der Waals surface area contributed by atoms with Gasteiger partial charge in [0.25, 0.3) is 0 Å². The fourth-order valence-corrected chi connectivity index (χ4v) is 2.57. The zero-order valence-electron chi connectivity index (χ0n) is 11.4. The molecular weight excluding hydrogens is 262 g/mol. The fraction of sp³-hybridized carbons (Fsp3) is 0.357. The Morgan fingerprint density at radius 2 is 2.11 bits per heavy atom. The number of rotatable bonds is 4. The molecule has 0 atom stereocenters. The Morgan fingerprint density at radius 1 is 1.37 bits per heavy atom. The average molecular weight is 280 g/mol. The molecule has 0 aliphatic heterocycles. The van der Waals surface area contributed by atoms with Crippen LogP contribution in [0.1, 0.15) is 16.8 Å². The standard InChI is InChI=1S/C14H18ClN3O/c1-8-6-10(15)7-12(14(8)19-3)13-11(4-5-16)9(2)17-18-13/h6-7H,4-5,16H2,1-3H3,(H,17,18). The second-order valence-electron chi connectivity index (χ2n) is 4.52. The number of aryl methyl sites for hydroxylation is 2. The molecule has 2 rings (SSSR count). The van der Waals surface area contributed by atoms with Gasteiger partial charge in [-0.15, -0.1) is 0 Å². The Labute approximate surface area is 117 Å². The molecular formula is C14H18ClN3O. The van der Waals surface area contributed by atoms with Crippen LogP contribution >= 0.6 is 11.6 Å². The van der Waals surface area contributed by atoms with E-state index in [0.717, 1.165) is 40.2 Å². The number of ether oxygens (including phenoxy) is 1. The smallest absolute Gasteiger partial charge is 0.131 e. The number of aromatic amines is 1. The molecule has 5 heteroatoms. The lowest BCUT2D eigenvalue weighted by Gasteiger charge is -2.12. The molecule has 0 aliphatic rings. The summed E-state index contributed by atoms with van der Waals surface area (Å²) >= 11 is 6.15. The van der Waals surface area contributed by atoms with E-state index in [2.05, 4.69) is 10.2 Å². The maximum Gasteiger partial charge on any atom is 0.131 e. The van der Waals surface area contributed by atoms with E-state index in [4.69, 9.17) is 22.1 Å². The van der Waals surface area contributed by atoms with Gasteiger partial charge in [-0.05, 0) is 44.5 Å². The number of benzene rings is 1. The molecule has 3 N–H and O–H groups in total. The molecule has 0 spiro atoms. The molecule has 0 fully saturated rings. The Morgan fingerprint density at radius 3 is 2.74 bits per heavy atom. The van der Waals surface area contributed by atoms with Crippen molar-refractivity contribution in [2.24, 2.45) is 5.73 Å². The van der Waals surface area contributed by atoms with Gasteiger partial charge < -0.3 is 10.5 Å². The third kappa shape index (κ3) is 2.60. The molecule has 0 saturated carbocycles. The van der Waals surface area contributed by atoms with Crippen molar-refractivity contribution in [1.82, 2.24) is 10.2 Å². The summed E-state index contributed by atoms with van der Waals surface area (Å²) in [6.07, 6.45) is 0.770. The SMILES string of the molecule is COc1c(C)cc(Cl)cc1-c1n[nH]c(C)c1CCN. The zero-order valence-corrected chi connectivity index (χ0v) is 12.1. The Kier molecular flexibility index (Phi) is 4.12. The van der Waals surface area contributed by atoms with Gasteiger partial charge in [-0.25, -0.2) is 0 Å². The number of hydrogen-bond acceptors (Lipinski definition) is 3. The summed E-state index contributed by atoms with van der Waals surface area (Å²) in [5.74, 6) is 0.800. The first-order valence-electron chi connectivity index (χ1n) is 6.17. The highest BCUT2D eigenvalue weighted by molar-refractivity contribution is 6.31. The summed E-state index contributed by atoms with van der Waals surface area (Å²) < 4.78 is 5.48. The number of nitrogens with two attached hydrogens (primary N) is 1. The van der Waals surface area contributed by atoms with Gasteiger partial charge in [0.05, 0.1) is 12.8 Å². The fourth-order valence-electron chi connectivity index (χ4n) is 2.30. The Hall–Kier alpha value is -1.52. The van der Waals surface area contributed by atoms with Crippen molar-refractivity contribution in [3.63, 3.8) is 0 Å². The van der Waals surface area contributed by atoms with E-state index in [-0.39, 0.29) is 0 Å². The Balaban J connectivity index is 2.64. The largest absolute Gasteiger partial charge is 0.496 e. The van der Waals surface area contributed by atoms with Gasteiger partial charge in [0, 0.05) is 21.8 Å². The number of nitrogens with zero attached hydrogens (tertiary/aromatic N) is 1. The molecule has 0 amide bonds. The van der Waals surface area contributed by atoms with Crippen LogP contribution in [0.3, 0.4) is 0 Å². The van der Waals surface area contributed by atoms with Crippen molar-refractivity contribution in [2.45, 2.75) is 20.3 Å². The van der Waals surface area contributed by atoms with E-state index in [1.807, 2.05) is 26.0 Å². The maximum atomic E-state index is 6.15. The average Bonchev–Trinajstić information content (AvgIpc) is 2.71.